The summed E-state index contributed by atoms with van der Waals surface area (Å²) in [6.07, 6.45) is -4.25. The van der Waals surface area contributed by atoms with Crippen molar-refractivity contribution in [3.8, 4) is 0 Å². The Bertz CT molecular complexity index is 632. The Balaban J connectivity index is 1.62. The summed E-state index contributed by atoms with van der Waals surface area (Å²) >= 11 is 0. The van der Waals surface area contributed by atoms with E-state index in [1.807, 2.05) is 18.2 Å². The highest BCUT2D eigenvalue weighted by atomic mass is 19.4. The van der Waals surface area contributed by atoms with Gasteiger partial charge in [-0.25, -0.2) is 0 Å². The number of benzene rings is 1. The quantitative estimate of drug-likeness (QED) is 0.916. The molecule has 7 heteroatoms. The Morgan fingerprint density at radius 2 is 2.05 bits per heavy atom. The number of halogens is 3. The molecule has 1 atom stereocenters. The van der Waals surface area contributed by atoms with E-state index in [0.717, 1.165) is 16.5 Å². The van der Waals surface area contributed by atoms with Crippen molar-refractivity contribution in [2.75, 3.05) is 13.1 Å². The van der Waals surface area contributed by atoms with Crippen molar-refractivity contribution in [3.05, 3.63) is 30.0 Å². The molecule has 1 fully saturated rings. The van der Waals surface area contributed by atoms with Gasteiger partial charge in [-0.1, -0.05) is 18.2 Å². The van der Waals surface area contributed by atoms with Crippen molar-refractivity contribution in [2.24, 2.45) is 5.92 Å². The van der Waals surface area contributed by atoms with Crippen LogP contribution in [0, 0.1) is 5.92 Å². The van der Waals surface area contributed by atoms with E-state index in [2.05, 4.69) is 15.1 Å². The van der Waals surface area contributed by atoms with Crippen LogP contribution in [-0.2, 0) is 6.54 Å². The third-order valence-corrected chi connectivity index (χ3v) is 4.37. The molecule has 120 valence electrons. The number of nitrogens with zero attached hydrogens (tertiary/aromatic N) is 2. The number of aliphatic hydroxyl groups is 1. The number of likely N-dealkylation sites (tertiary alicyclic amines) is 1. The number of fused-ring (bicyclic) bond motifs is 1. The van der Waals surface area contributed by atoms with Crippen LogP contribution in [0.1, 0.15) is 18.4 Å². The molecule has 0 radical (unpaired) electrons. The van der Waals surface area contributed by atoms with Crippen molar-refractivity contribution in [1.82, 2.24) is 15.1 Å². The molecule has 1 saturated heterocycles. The number of aromatic nitrogens is 2. The molecule has 0 saturated carbocycles. The number of aliphatic hydroxyl groups excluding tert-OH is 1. The predicted octanol–water partition coefficient (Wildman–Crippen LogP) is 2.70. The van der Waals surface area contributed by atoms with Gasteiger partial charge in [0.05, 0.1) is 11.7 Å². The Morgan fingerprint density at radius 1 is 1.32 bits per heavy atom. The first kappa shape index (κ1) is 15.3. The molecule has 2 heterocycles. The van der Waals surface area contributed by atoms with Crippen LogP contribution in [0.15, 0.2) is 24.4 Å². The van der Waals surface area contributed by atoms with Gasteiger partial charge in [-0.15, -0.1) is 0 Å². The maximum atomic E-state index is 12.5. The monoisotopic (exact) mass is 313 g/mol. The molecule has 4 nitrogen and oxygen atoms in total. The fourth-order valence-electron chi connectivity index (χ4n) is 3.10. The number of alkyl halides is 3. The number of nitrogens with one attached hydrogen (secondary N) is 1. The van der Waals surface area contributed by atoms with E-state index < -0.39 is 18.2 Å². The van der Waals surface area contributed by atoms with E-state index >= 15 is 0 Å². The first-order valence-corrected chi connectivity index (χ1v) is 7.33. The molecule has 3 rings (SSSR count). The van der Waals surface area contributed by atoms with Crippen molar-refractivity contribution >= 4 is 10.9 Å². The molecule has 0 aliphatic carbocycles. The topological polar surface area (TPSA) is 52.1 Å². The zero-order valence-electron chi connectivity index (χ0n) is 12.0. The smallest absolute Gasteiger partial charge is 0.383 e. The summed E-state index contributed by atoms with van der Waals surface area (Å²) < 4.78 is 37.6. The molecular formula is C15H18F3N3O. The third-order valence-electron chi connectivity index (χ3n) is 4.37. The lowest BCUT2D eigenvalue weighted by molar-refractivity contribution is -0.223. The molecule has 2 aromatic rings. The fourth-order valence-corrected chi connectivity index (χ4v) is 3.10. The highest BCUT2D eigenvalue weighted by molar-refractivity contribution is 5.81. The summed E-state index contributed by atoms with van der Waals surface area (Å²) in [4.78, 5) is 2.12. The summed E-state index contributed by atoms with van der Waals surface area (Å²) in [5, 5.41) is 17.3. The van der Waals surface area contributed by atoms with Crippen LogP contribution in [0.4, 0.5) is 13.2 Å². The molecule has 0 amide bonds. The van der Waals surface area contributed by atoms with Crippen molar-refractivity contribution in [2.45, 2.75) is 31.7 Å². The van der Waals surface area contributed by atoms with Gasteiger partial charge in [0.25, 0.3) is 0 Å². The number of para-hydroxylation sites is 1. The maximum Gasteiger partial charge on any atom is 0.414 e. The second-order valence-corrected chi connectivity index (χ2v) is 5.85. The number of piperidine rings is 1. The predicted molar refractivity (Wildman–Crippen MR) is 76.2 cm³/mol. The molecule has 0 spiro atoms. The lowest BCUT2D eigenvalue weighted by Crippen LogP contribution is -2.43. The van der Waals surface area contributed by atoms with Gasteiger partial charge in [0, 0.05) is 11.9 Å². The molecule has 22 heavy (non-hydrogen) atoms. The van der Waals surface area contributed by atoms with E-state index in [9.17, 15) is 18.3 Å². The number of hydrogen-bond donors (Lipinski definition) is 2. The third kappa shape index (κ3) is 3.10. The summed E-state index contributed by atoms with van der Waals surface area (Å²) in [6.45, 7) is 1.79. The van der Waals surface area contributed by atoms with Crippen LogP contribution in [-0.4, -0.2) is 45.6 Å². The van der Waals surface area contributed by atoms with Gasteiger partial charge in [0.2, 0.25) is 0 Å². The van der Waals surface area contributed by atoms with Crippen molar-refractivity contribution in [3.63, 3.8) is 0 Å². The van der Waals surface area contributed by atoms with Crippen LogP contribution in [0.3, 0.4) is 0 Å². The number of rotatable bonds is 3. The average molecular weight is 313 g/mol. The molecular weight excluding hydrogens is 295 g/mol. The second kappa shape index (κ2) is 5.89. The molecule has 1 aromatic carbocycles. The van der Waals surface area contributed by atoms with Gasteiger partial charge in [-0.3, -0.25) is 10.00 Å². The zero-order valence-corrected chi connectivity index (χ0v) is 12.0. The van der Waals surface area contributed by atoms with E-state index in [1.165, 1.54) is 0 Å². The Morgan fingerprint density at radius 3 is 2.73 bits per heavy atom. The number of hydrogen-bond acceptors (Lipinski definition) is 3. The zero-order chi connectivity index (χ0) is 15.7. The summed E-state index contributed by atoms with van der Waals surface area (Å²) in [7, 11) is 0. The van der Waals surface area contributed by atoms with Gasteiger partial charge in [0.15, 0.2) is 6.10 Å². The van der Waals surface area contributed by atoms with Gasteiger partial charge >= 0.3 is 6.18 Å². The number of H-pyrrole nitrogens is 1. The minimum atomic E-state index is -4.52. The Hall–Kier alpha value is -1.60. The van der Waals surface area contributed by atoms with Gasteiger partial charge in [-0.2, -0.15) is 18.3 Å². The van der Waals surface area contributed by atoms with Crippen molar-refractivity contribution in [1.29, 1.82) is 0 Å². The van der Waals surface area contributed by atoms with E-state index in [-0.39, 0.29) is 0 Å². The summed E-state index contributed by atoms with van der Waals surface area (Å²) in [6, 6.07) is 5.92. The normalized spacial score (nSPS) is 19.6. The summed E-state index contributed by atoms with van der Waals surface area (Å²) in [5.74, 6) is -0.695. The van der Waals surface area contributed by atoms with E-state index in [4.69, 9.17) is 0 Å². The molecule has 1 aliphatic rings. The largest absolute Gasteiger partial charge is 0.414 e. The average Bonchev–Trinajstić information content (AvgIpc) is 2.96. The Kier molecular flexibility index (Phi) is 4.10. The SMILES string of the molecule is OC(C1CCN(Cc2cccc3cn[nH]c23)CC1)C(F)(F)F. The first-order chi connectivity index (χ1) is 10.4. The van der Waals surface area contributed by atoms with Crippen molar-refractivity contribution < 1.29 is 18.3 Å². The van der Waals surface area contributed by atoms with Crippen LogP contribution in [0.25, 0.3) is 10.9 Å². The Labute approximate surface area is 125 Å². The van der Waals surface area contributed by atoms with E-state index in [1.54, 1.807) is 6.20 Å². The molecule has 1 aliphatic heterocycles. The van der Waals surface area contributed by atoms with Gasteiger partial charge < -0.3 is 5.11 Å². The van der Waals surface area contributed by atoms with Crippen LogP contribution >= 0.6 is 0 Å². The van der Waals surface area contributed by atoms with Crippen LogP contribution < -0.4 is 0 Å². The van der Waals surface area contributed by atoms with Gasteiger partial charge in [0.1, 0.15) is 0 Å². The molecule has 1 unspecified atom stereocenters. The highest BCUT2D eigenvalue weighted by Gasteiger charge is 2.44. The minimum Gasteiger partial charge on any atom is -0.383 e. The first-order valence-electron chi connectivity index (χ1n) is 7.33. The number of aromatic amines is 1. The van der Waals surface area contributed by atoms with Crippen LogP contribution in [0.2, 0.25) is 0 Å². The van der Waals surface area contributed by atoms with Crippen LogP contribution in [0.5, 0.6) is 0 Å². The van der Waals surface area contributed by atoms with Gasteiger partial charge in [-0.05, 0) is 37.4 Å². The maximum absolute atomic E-state index is 12.5. The highest BCUT2D eigenvalue weighted by Crippen LogP contribution is 2.32. The standard InChI is InChI=1S/C15H18F3N3O/c16-15(17,18)14(22)10-4-6-21(7-5-10)9-12-3-1-2-11-8-19-20-13(11)12/h1-3,8,10,14,22H,4-7,9H2,(H,19,20). The fraction of sp³-hybridized carbons (Fsp3) is 0.533. The lowest BCUT2D eigenvalue weighted by Gasteiger charge is -2.34. The molecule has 2 N–H and O–H groups in total. The lowest BCUT2D eigenvalue weighted by atomic mass is 9.90. The second-order valence-electron chi connectivity index (χ2n) is 5.85. The van der Waals surface area contributed by atoms with E-state index in [0.29, 0.717) is 32.5 Å². The molecule has 1 aromatic heterocycles. The molecule has 0 bridgehead atoms. The summed E-state index contributed by atoms with van der Waals surface area (Å²) in [5.41, 5.74) is 2.06. The minimum absolute atomic E-state index is 0.361.